The molecule has 1 aromatic carbocycles. The highest BCUT2D eigenvalue weighted by Crippen LogP contribution is 2.37. The molecule has 1 saturated carbocycles. The maximum absolute atomic E-state index is 13.1. The van der Waals surface area contributed by atoms with Crippen molar-refractivity contribution >= 4 is 40.2 Å². The molecule has 1 saturated heterocycles. The number of carbonyl (C=O) groups is 2. The average Bonchev–Trinajstić information content (AvgIpc) is 3.00. The van der Waals surface area contributed by atoms with Crippen LogP contribution in [0.1, 0.15) is 32.1 Å². The van der Waals surface area contributed by atoms with Crippen molar-refractivity contribution in [3.63, 3.8) is 0 Å². The molecule has 1 aliphatic heterocycles. The van der Waals surface area contributed by atoms with Gasteiger partial charge in [0.2, 0.25) is 11.8 Å². The van der Waals surface area contributed by atoms with Crippen molar-refractivity contribution in [1.29, 1.82) is 0 Å². The molecular formula is C21H23N5O3S. The molecule has 156 valence electrons. The minimum Gasteiger partial charge on any atom is -0.390 e. The van der Waals surface area contributed by atoms with E-state index in [0.29, 0.717) is 24.0 Å². The van der Waals surface area contributed by atoms with E-state index >= 15 is 0 Å². The zero-order valence-electron chi connectivity index (χ0n) is 16.4. The third kappa shape index (κ3) is 4.85. The second-order valence-electron chi connectivity index (χ2n) is 7.50. The van der Waals surface area contributed by atoms with Crippen molar-refractivity contribution < 1.29 is 14.7 Å². The van der Waals surface area contributed by atoms with E-state index in [-0.39, 0.29) is 18.2 Å². The Morgan fingerprint density at radius 1 is 1.30 bits per heavy atom. The number of amidine groups is 1. The van der Waals surface area contributed by atoms with Gasteiger partial charge >= 0.3 is 0 Å². The predicted molar refractivity (Wildman–Crippen MR) is 115 cm³/mol. The lowest BCUT2D eigenvalue weighted by atomic mass is 9.78. The fraction of sp³-hybridized carbons (Fsp3) is 0.381. The number of anilines is 1. The number of nitrogens with one attached hydrogen (secondary N) is 1. The Morgan fingerprint density at radius 3 is 2.77 bits per heavy atom. The van der Waals surface area contributed by atoms with E-state index in [1.165, 1.54) is 30.4 Å². The van der Waals surface area contributed by atoms with Gasteiger partial charge in [0.25, 0.3) is 0 Å². The highest BCUT2D eigenvalue weighted by Gasteiger charge is 2.41. The fourth-order valence-electron chi connectivity index (χ4n) is 3.42. The van der Waals surface area contributed by atoms with Crippen LogP contribution in [-0.4, -0.2) is 54.4 Å². The molecule has 2 N–H and O–H groups in total. The van der Waals surface area contributed by atoms with Crippen LogP contribution in [-0.2, 0) is 9.59 Å². The molecule has 4 rings (SSSR count). The number of hydrogen-bond donors (Lipinski definition) is 2. The second kappa shape index (κ2) is 8.93. The number of amides is 2. The van der Waals surface area contributed by atoms with Crippen molar-refractivity contribution in [2.24, 2.45) is 4.99 Å². The maximum atomic E-state index is 13.1. The molecule has 2 aliphatic rings. The molecule has 0 spiro atoms. The van der Waals surface area contributed by atoms with Gasteiger partial charge in [-0.2, -0.15) is 0 Å². The van der Waals surface area contributed by atoms with E-state index in [4.69, 9.17) is 0 Å². The summed E-state index contributed by atoms with van der Waals surface area (Å²) < 4.78 is 0. The first-order chi connectivity index (χ1) is 14.5. The molecular weight excluding hydrogens is 402 g/mol. The van der Waals surface area contributed by atoms with E-state index in [1.54, 1.807) is 4.90 Å². The van der Waals surface area contributed by atoms with Crippen LogP contribution in [0.15, 0.2) is 53.9 Å². The Kier molecular flexibility index (Phi) is 6.10. The smallest absolute Gasteiger partial charge is 0.242 e. The largest absolute Gasteiger partial charge is 0.390 e. The summed E-state index contributed by atoms with van der Waals surface area (Å²) in [5.41, 5.74) is 0.0503. The van der Waals surface area contributed by atoms with Crippen molar-refractivity contribution in [3.8, 4) is 0 Å². The molecule has 1 aromatic heterocycles. The molecule has 1 aliphatic carbocycles. The Bertz CT molecular complexity index is 934. The first-order valence-electron chi connectivity index (χ1n) is 9.92. The van der Waals surface area contributed by atoms with E-state index in [9.17, 15) is 14.7 Å². The lowest BCUT2D eigenvalue weighted by Gasteiger charge is -2.37. The van der Waals surface area contributed by atoms with Gasteiger partial charge < -0.3 is 10.4 Å². The van der Waals surface area contributed by atoms with Gasteiger partial charge in [-0.1, -0.05) is 30.0 Å². The Morgan fingerprint density at radius 2 is 2.10 bits per heavy atom. The Labute approximate surface area is 178 Å². The lowest BCUT2D eigenvalue weighted by molar-refractivity contribution is -0.129. The first-order valence-corrected chi connectivity index (χ1v) is 10.8. The van der Waals surface area contributed by atoms with Gasteiger partial charge in [0, 0.05) is 25.4 Å². The number of benzene rings is 1. The van der Waals surface area contributed by atoms with Crippen LogP contribution in [0.2, 0.25) is 0 Å². The molecule has 30 heavy (non-hydrogen) atoms. The molecule has 2 amide bonds. The number of thioether (sulfide) groups is 1. The van der Waals surface area contributed by atoms with Gasteiger partial charge in [-0.25, -0.2) is 9.98 Å². The number of para-hydroxylation sites is 1. The van der Waals surface area contributed by atoms with Crippen molar-refractivity contribution in [2.75, 3.05) is 11.9 Å². The van der Waals surface area contributed by atoms with Crippen LogP contribution in [0.5, 0.6) is 0 Å². The fourth-order valence-corrected chi connectivity index (χ4v) is 4.61. The Balaban J connectivity index is 1.47. The summed E-state index contributed by atoms with van der Waals surface area (Å²) in [7, 11) is 0. The number of rotatable bonds is 7. The second-order valence-corrected chi connectivity index (χ2v) is 8.67. The summed E-state index contributed by atoms with van der Waals surface area (Å²) in [4.78, 5) is 39.6. The number of nitrogens with zero attached hydrogens (tertiary/aromatic N) is 4. The lowest BCUT2D eigenvalue weighted by Crippen LogP contribution is -2.42. The number of aromatic nitrogens is 2. The molecule has 9 heteroatoms. The van der Waals surface area contributed by atoms with Crippen LogP contribution in [0.25, 0.3) is 0 Å². The van der Waals surface area contributed by atoms with E-state index < -0.39 is 10.9 Å². The number of carbonyl (C=O) groups excluding carboxylic acids is 2. The molecule has 0 bridgehead atoms. The van der Waals surface area contributed by atoms with Gasteiger partial charge in [0.05, 0.1) is 17.5 Å². The molecule has 8 nitrogen and oxygen atoms in total. The van der Waals surface area contributed by atoms with E-state index in [1.807, 2.05) is 30.3 Å². The monoisotopic (exact) mass is 425 g/mol. The van der Waals surface area contributed by atoms with E-state index in [2.05, 4.69) is 20.3 Å². The standard InChI is InChI=1S/C21H23N5O3S/c27-18(25-17-14-22-10-11-23-17)13-16-19(28)26(12-9-21(29)7-4-8-21)20(30-16)24-15-5-2-1-3-6-15/h1-3,5-6,10-11,14,16,29H,4,7-9,12-13H2,(H,23,25,27). The van der Waals surface area contributed by atoms with Crippen LogP contribution in [0.4, 0.5) is 11.5 Å². The summed E-state index contributed by atoms with van der Waals surface area (Å²) in [6, 6.07) is 9.40. The average molecular weight is 426 g/mol. The van der Waals surface area contributed by atoms with Crippen molar-refractivity contribution in [2.45, 2.75) is 43.0 Å². The predicted octanol–water partition coefficient (Wildman–Crippen LogP) is 2.74. The first kappa shape index (κ1) is 20.5. The summed E-state index contributed by atoms with van der Waals surface area (Å²) in [5.74, 6) is -0.119. The molecule has 1 atom stereocenters. The highest BCUT2D eigenvalue weighted by atomic mass is 32.2. The van der Waals surface area contributed by atoms with Crippen LogP contribution >= 0.6 is 11.8 Å². The topological polar surface area (TPSA) is 108 Å². The summed E-state index contributed by atoms with van der Waals surface area (Å²) in [6.07, 6.45) is 7.51. The van der Waals surface area contributed by atoms with Crippen molar-refractivity contribution in [1.82, 2.24) is 14.9 Å². The molecule has 2 heterocycles. The quantitative estimate of drug-likeness (QED) is 0.706. The van der Waals surface area contributed by atoms with Gasteiger partial charge in [-0.15, -0.1) is 0 Å². The summed E-state index contributed by atoms with van der Waals surface area (Å²) in [6.45, 7) is 0.385. The molecule has 1 unspecified atom stereocenters. The molecule has 0 radical (unpaired) electrons. The zero-order valence-corrected chi connectivity index (χ0v) is 17.2. The highest BCUT2D eigenvalue weighted by molar-refractivity contribution is 8.15. The van der Waals surface area contributed by atoms with E-state index in [0.717, 1.165) is 24.9 Å². The Hall–Kier alpha value is -2.78. The molecule has 2 aromatic rings. The van der Waals surface area contributed by atoms with Gasteiger partial charge in [0.15, 0.2) is 11.0 Å². The van der Waals surface area contributed by atoms with Crippen molar-refractivity contribution in [3.05, 3.63) is 48.9 Å². The SMILES string of the molecule is O=C(CC1SC(=Nc2ccccc2)N(CCC2(O)CCC2)C1=O)Nc1cnccn1. The van der Waals surface area contributed by atoms with Gasteiger partial charge in [-0.3, -0.25) is 19.5 Å². The third-order valence-electron chi connectivity index (χ3n) is 5.29. The number of aliphatic hydroxyl groups is 1. The minimum atomic E-state index is -0.690. The van der Waals surface area contributed by atoms with Gasteiger partial charge in [-0.05, 0) is 37.8 Å². The number of aliphatic imine (C=N–C) groups is 1. The van der Waals surface area contributed by atoms with Crippen LogP contribution in [0, 0.1) is 0 Å². The third-order valence-corrected chi connectivity index (χ3v) is 6.46. The maximum Gasteiger partial charge on any atom is 0.242 e. The summed E-state index contributed by atoms with van der Waals surface area (Å²) in [5, 5.41) is 13.1. The zero-order chi connectivity index (χ0) is 21.0. The van der Waals surface area contributed by atoms with Crippen LogP contribution in [0.3, 0.4) is 0 Å². The summed E-state index contributed by atoms with van der Waals surface area (Å²) >= 11 is 1.28. The van der Waals surface area contributed by atoms with Gasteiger partial charge in [0.1, 0.15) is 5.25 Å². The normalized spacial score (nSPS) is 21.5. The van der Waals surface area contributed by atoms with Crippen LogP contribution < -0.4 is 5.32 Å². The number of hydrogen-bond acceptors (Lipinski definition) is 7. The minimum absolute atomic E-state index is 0.00858. The molecule has 2 fully saturated rings.